The molecule has 1 aromatic carbocycles. The average molecular weight is 569 g/mol. The Morgan fingerprint density at radius 3 is 2.54 bits per heavy atom. The molecule has 2 aromatic rings. The average Bonchev–Trinajstić information content (AvgIpc) is 3.12. The number of nitrogens with one attached hydrogen (secondary N) is 2. The minimum atomic E-state index is -4.24. The first kappa shape index (κ1) is 30.7. The molecule has 0 radical (unpaired) electrons. The van der Waals surface area contributed by atoms with Gasteiger partial charge in [0.05, 0.1) is 18.8 Å². The van der Waals surface area contributed by atoms with Gasteiger partial charge in [-0.05, 0) is 31.9 Å². The third-order valence-corrected chi connectivity index (χ3v) is 8.27. The number of esters is 1. The van der Waals surface area contributed by atoms with Gasteiger partial charge in [-0.3, -0.25) is 23.7 Å². The summed E-state index contributed by atoms with van der Waals surface area (Å²) in [6.07, 6.45) is -0.788. The van der Waals surface area contributed by atoms with Gasteiger partial charge >= 0.3 is 19.4 Å². The van der Waals surface area contributed by atoms with E-state index in [-0.39, 0.29) is 18.3 Å². The van der Waals surface area contributed by atoms with Crippen LogP contribution in [0.5, 0.6) is 5.75 Å². The zero-order valence-corrected chi connectivity index (χ0v) is 23.3. The Hall–Kier alpha value is -2.80. The molecule has 0 amide bonds. The summed E-state index contributed by atoms with van der Waals surface area (Å²) in [5.41, 5.74) is 3.43. The van der Waals surface area contributed by atoms with Gasteiger partial charge in [-0.25, -0.2) is 9.36 Å². The van der Waals surface area contributed by atoms with E-state index in [1.54, 1.807) is 30.3 Å². The zero-order chi connectivity index (χ0) is 28.8. The van der Waals surface area contributed by atoms with Crippen LogP contribution in [-0.2, 0) is 23.4 Å². The number of aliphatic hydroxyl groups is 1. The van der Waals surface area contributed by atoms with Crippen molar-refractivity contribution in [2.45, 2.75) is 70.6 Å². The highest BCUT2D eigenvalue weighted by Crippen LogP contribution is 2.46. The van der Waals surface area contributed by atoms with Gasteiger partial charge in [0.15, 0.2) is 6.23 Å². The normalized spacial score (nSPS) is 25.3. The second-order valence-electron chi connectivity index (χ2n) is 9.72. The molecule has 14 heteroatoms. The predicted molar refractivity (Wildman–Crippen MR) is 142 cm³/mol. The molecule has 39 heavy (non-hydrogen) atoms. The topological polar surface area (TPSA) is 184 Å². The number of carbonyl (C=O) groups excluding carboxylic acids is 1. The number of nitrogens with zero attached hydrogens (tertiary/aromatic N) is 1. The molecule has 216 valence electrons. The number of aromatic nitrogens is 2. The number of rotatable bonds is 13. The molecule has 1 aliphatic rings. The molecular weight excluding hydrogens is 531 g/mol. The fourth-order valence-electron chi connectivity index (χ4n) is 4.06. The van der Waals surface area contributed by atoms with E-state index in [4.69, 9.17) is 24.3 Å². The number of ether oxygens (including phenoxy) is 2. The van der Waals surface area contributed by atoms with E-state index in [9.17, 15) is 24.1 Å². The van der Waals surface area contributed by atoms with Crippen molar-refractivity contribution < 1.29 is 33.0 Å². The van der Waals surface area contributed by atoms with Crippen molar-refractivity contribution in [1.29, 1.82) is 0 Å². The summed E-state index contributed by atoms with van der Waals surface area (Å²) >= 11 is 0. The lowest BCUT2D eigenvalue weighted by molar-refractivity contribution is -0.146. The minimum absolute atomic E-state index is 0.208. The van der Waals surface area contributed by atoms with Crippen molar-refractivity contribution in [1.82, 2.24) is 14.6 Å². The Morgan fingerprint density at radius 1 is 1.26 bits per heavy atom. The fourth-order valence-corrected chi connectivity index (χ4v) is 5.56. The van der Waals surface area contributed by atoms with E-state index in [0.29, 0.717) is 0 Å². The molecule has 6 atom stereocenters. The second-order valence-corrected chi connectivity index (χ2v) is 11.4. The van der Waals surface area contributed by atoms with Gasteiger partial charge in [0, 0.05) is 12.3 Å². The summed E-state index contributed by atoms with van der Waals surface area (Å²) in [4.78, 5) is 38.5. The van der Waals surface area contributed by atoms with Crippen molar-refractivity contribution in [3.8, 4) is 5.75 Å². The smallest absolute Gasteiger partial charge is 0.459 e. The Morgan fingerprint density at radius 2 is 1.92 bits per heavy atom. The maximum absolute atomic E-state index is 13.8. The molecule has 0 saturated carbocycles. The molecule has 1 fully saturated rings. The lowest BCUT2D eigenvalue weighted by Gasteiger charge is -2.28. The van der Waals surface area contributed by atoms with E-state index in [0.717, 1.165) is 23.5 Å². The Kier molecular flexibility index (Phi) is 10.3. The van der Waals surface area contributed by atoms with Gasteiger partial charge in [0.2, 0.25) is 0 Å². The highest BCUT2D eigenvalue weighted by molar-refractivity contribution is 7.52. The molecule has 2 heterocycles. The quantitative estimate of drug-likeness (QED) is 0.204. The van der Waals surface area contributed by atoms with Crippen LogP contribution in [0.15, 0.2) is 52.2 Å². The van der Waals surface area contributed by atoms with Crippen LogP contribution in [0.2, 0.25) is 0 Å². The number of nitrogens with two attached hydrogens (primary N) is 1. The van der Waals surface area contributed by atoms with Crippen molar-refractivity contribution in [3.63, 3.8) is 0 Å². The number of hydrogen-bond donors (Lipinski definition) is 4. The molecule has 3 rings (SSSR count). The molecule has 5 N–H and O–H groups in total. The standard InChI is InChI=1S/C25H37N4O9P/c1-5-17(6-2)14-35-22(32)16(3)28-39(34,38-18-10-8-7-9-11-18)36-15-19-21(31)25(4,26)23(37-19)29-13-12-20(30)27-24(29)33/h7-13,16-17,19,21,23,31H,5-6,14-15,26H2,1-4H3,(H,28,34)(H,27,30,33). The maximum atomic E-state index is 13.8. The van der Waals surface area contributed by atoms with Gasteiger partial charge in [0.1, 0.15) is 24.0 Å². The van der Waals surface area contributed by atoms with Crippen molar-refractivity contribution >= 4 is 13.7 Å². The van der Waals surface area contributed by atoms with Crippen molar-refractivity contribution in [2.24, 2.45) is 11.7 Å². The zero-order valence-electron chi connectivity index (χ0n) is 22.4. The molecule has 13 nitrogen and oxygen atoms in total. The van der Waals surface area contributed by atoms with Crippen LogP contribution in [0.1, 0.15) is 46.8 Å². The predicted octanol–water partition coefficient (Wildman–Crippen LogP) is 1.67. The van der Waals surface area contributed by atoms with Crippen molar-refractivity contribution in [2.75, 3.05) is 13.2 Å². The lowest BCUT2D eigenvalue weighted by atomic mass is 9.93. The minimum Gasteiger partial charge on any atom is -0.464 e. The first-order valence-electron chi connectivity index (χ1n) is 12.8. The summed E-state index contributed by atoms with van der Waals surface area (Å²) in [6.45, 7) is 6.69. The molecular formula is C25H37N4O9P. The third-order valence-electron chi connectivity index (χ3n) is 6.63. The van der Waals surface area contributed by atoms with E-state index >= 15 is 0 Å². The van der Waals surface area contributed by atoms with Crippen LogP contribution < -0.4 is 26.6 Å². The highest BCUT2D eigenvalue weighted by Gasteiger charge is 2.52. The van der Waals surface area contributed by atoms with Crippen LogP contribution in [0.4, 0.5) is 0 Å². The number of para-hydroxylation sites is 1. The molecule has 1 saturated heterocycles. The summed E-state index contributed by atoms with van der Waals surface area (Å²) in [5, 5.41) is 13.5. The summed E-state index contributed by atoms with van der Waals surface area (Å²) in [7, 11) is -4.24. The van der Waals surface area contributed by atoms with Crippen LogP contribution >= 0.6 is 7.75 Å². The lowest BCUT2D eigenvalue weighted by Crippen LogP contribution is -2.53. The van der Waals surface area contributed by atoms with Gasteiger partial charge in [-0.2, -0.15) is 5.09 Å². The van der Waals surface area contributed by atoms with Crippen LogP contribution in [0.3, 0.4) is 0 Å². The van der Waals surface area contributed by atoms with E-state index in [1.165, 1.54) is 20.0 Å². The van der Waals surface area contributed by atoms with E-state index < -0.39 is 61.6 Å². The van der Waals surface area contributed by atoms with E-state index in [1.807, 2.05) is 13.8 Å². The number of hydrogen-bond acceptors (Lipinski definition) is 10. The number of carbonyl (C=O) groups is 1. The van der Waals surface area contributed by atoms with Crippen LogP contribution in [0.25, 0.3) is 0 Å². The Bertz CT molecular complexity index is 1260. The Labute approximate surface area is 226 Å². The molecule has 0 spiro atoms. The molecule has 6 unspecified atom stereocenters. The van der Waals surface area contributed by atoms with Crippen LogP contribution in [-0.4, -0.2) is 57.6 Å². The number of H-pyrrole nitrogens is 1. The van der Waals surface area contributed by atoms with Gasteiger partial charge in [-0.1, -0.05) is 44.9 Å². The molecule has 0 aliphatic carbocycles. The summed E-state index contributed by atoms with van der Waals surface area (Å²) < 4.78 is 37.3. The monoisotopic (exact) mass is 568 g/mol. The first-order valence-corrected chi connectivity index (χ1v) is 14.3. The second kappa shape index (κ2) is 13.0. The van der Waals surface area contributed by atoms with Gasteiger partial charge < -0.3 is 24.8 Å². The Balaban J connectivity index is 1.76. The van der Waals surface area contributed by atoms with Gasteiger partial charge in [-0.15, -0.1) is 0 Å². The largest absolute Gasteiger partial charge is 0.464 e. The summed E-state index contributed by atoms with van der Waals surface area (Å²) in [5.74, 6) is -0.217. The molecule has 0 bridgehead atoms. The number of aromatic amines is 1. The summed E-state index contributed by atoms with van der Waals surface area (Å²) in [6, 6.07) is 8.26. The SMILES string of the molecule is CCC(CC)COC(=O)C(C)NP(=O)(OCC1OC(n2ccc(=O)[nH]c2=O)C(C)(N)C1O)Oc1ccccc1. The highest BCUT2D eigenvalue weighted by atomic mass is 31.2. The molecule has 1 aliphatic heterocycles. The number of aliphatic hydroxyl groups excluding tert-OH is 1. The van der Waals surface area contributed by atoms with E-state index in [2.05, 4.69) is 10.1 Å². The van der Waals surface area contributed by atoms with Crippen LogP contribution in [0, 0.1) is 5.92 Å². The van der Waals surface area contributed by atoms with Crippen molar-refractivity contribution in [3.05, 3.63) is 63.4 Å². The molecule has 1 aromatic heterocycles. The number of benzene rings is 1. The fraction of sp³-hybridized carbons (Fsp3) is 0.560. The first-order chi connectivity index (χ1) is 18.4. The van der Waals surface area contributed by atoms with Gasteiger partial charge in [0.25, 0.3) is 5.56 Å². The maximum Gasteiger partial charge on any atom is 0.459 e. The third kappa shape index (κ3) is 7.65.